The Labute approximate surface area is 203 Å². The van der Waals surface area contributed by atoms with Crippen molar-refractivity contribution in [2.45, 2.75) is 11.8 Å². The quantitative estimate of drug-likeness (QED) is 0.461. The highest BCUT2D eigenvalue weighted by atomic mass is 35.5. The minimum atomic E-state index is -4.11. The van der Waals surface area contributed by atoms with Gasteiger partial charge in [-0.15, -0.1) is 0 Å². The Kier molecular flexibility index (Phi) is 7.80. The Morgan fingerprint density at radius 3 is 2.32 bits per heavy atom. The lowest BCUT2D eigenvalue weighted by Gasteiger charge is -2.24. The van der Waals surface area contributed by atoms with Gasteiger partial charge in [-0.3, -0.25) is 9.10 Å². The van der Waals surface area contributed by atoms with Crippen molar-refractivity contribution in [3.05, 3.63) is 82.9 Å². The van der Waals surface area contributed by atoms with Gasteiger partial charge in [0.1, 0.15) is 12.3 Å². The highest BCUT2D eigenvalue weighted by molar-refractivity contribution is 7.92. The maximum atomic E-state index is 13.5. The first kappa shape index (κ1) is 25.1. The third kappa shape index (κ3) is 5.49. The lowest BCUT2D eigenvalue weighted by molar-refractivity contribution is -0.114. The number of sulfonamides is 1. The molecule has 8 nitrogen and oxygen atoms in total. The number of esters is 1. The van der Waals surface area contributed by atoms with Gasteiger partial charge in [-0.25, -0.2) is 13.2 Å². The number of aryl methyl sites for hydroxylation is 1. The van der Waals surface area contributed by atoms with Crippen LogP contribution in [0, 0.1) is 6.92 Å². The van der Waals surface area contributed by atoms with Crippen LogP contribution in [-0.2, 0) is 19.6 Å². The van der Waals surface area contributed by atoms with E-state index in [2.05, 4.69) is 10.1 Å². The molecule has 0 aliphatic heterocycles. The van der Waals surface area contributed by atoms with Crippen LogP contribution >= 0.6 is 11.6 Å². The molecule has 3 aromatic rings. The predicted octanol–water partition coefficient (Wildman–Crippen LogP) is 4.28. The van der Waals surface area contributed by atoms with Gasteiger partial charge in [0.15, 0.2) is 0 Å². The van der Waals surface area contributed by atoms with E-state index in [1.807, 2.05) is 0 Å². The molecule has 1 N–H and O–H groups in total. The summed E-state index contributed by atoms with van der Waals surface area (Å²) in [5, 5.41) is 2.76. The maximum Gasteiger partial charge on any atom is 0.337 e. The Hall–Kier alpha value is -3.56. The third-order valence-electron chi connectivity index (χ3n) is 4.95. The number of carbonyl (C=O) groups is 2. The van der Waals surface area contributed by atoms with Gasteiger partial charge in [0.05, 0.1) is 41.1 Å². The van der Waals surface area contributed by atoms with Crippen molar-refractivity contribution in [3.63, 3.8) is 0 Å². The van der Waals surface area contributed by atoms with Crippen LogP contribution in [0.1, 0.15) is 15.9 Å². The largest absolute Gasteiger partial charge is 0.496 e. The van der Waals surface area contributed by atoms with Crippen molar-refractivity contribution in [1.29, 1.82) is 0 Å². The predicted molar refractivity (Wildman–Crippen MR) is 130 cm³/mol. The van der Waals surface area contributed by atoms with E-state index in [-0.39, 0.29) is 21.2 Å². The molecule has 0 aliphatic rings. The zero-order valence-electron chi connectivity index (χ0n) is 18.7. The summed E-state index contributed by atoms with van der Waals surface area (Å²) in [6, 6.07) is 17.0. The van der Waals surface area contributed by atoms with E-state index in [0.29, 0.717) is 17.0 Å². The van der Waals surface area contributed by atoms with Gasteiger partial charge in [-0.05, 0) is 61.0 Å². The fourth-order valence-electron chi connectivity index (χ4n) is 3.23. The number of nitrogens with one attached hydrogen (secondary N) is 1. The summed E-state index contributed by atoms with van der Waals surface area (Å²) >= 11 is 6.16. The van der Waals surface area contributed by atoms with Crippen molar-refractivity contribution in [2.75, 3.05) is 30.4 Å². The second-order valence-electron chi connectivity index (χ2n) is 7.21. The molecule has 0 aliphatic carbocycles. The molecule has 0 fully saturated rings. The Morgan fingerprint density at radius 1 is 1.00 bits per heavy atom. The van der Waals surface area contributed by atoms with Crippen LogP contribution in [-0.4, -0.2) is 41.1 Å². The molecule has 3 aromatic carbocycles. The van der Waals surface area contributed by atoms with Crippen molar-refractivity contribution in [1.82, 2.24) is 0 Å². The SMILES string of the molecule is COC(=O)c1ccc(Cl)c(NC(=O)CN(c2ccccc2)S(=O)(=O)c2ccc(OC)c(C)c2)c1. The first-order chi connectivity index (χ1) is 16.2. The summed E-state index contributed by atoms with van der Waals surface area (Å²) in [6.45, 7) is 1.20. The van der Waals surface area contributed by atoms with E-state index in [1.165, 1.54) is 44.6 Å². The molecule has 0 heterocycles. The summed E-state index contributed by atoms with van der Waals surface area (Å²) in [6.07, 6.45) is 0. The molecule has 0 unspecified atom stereocenters. The van der Waals surface area contributed by atoms with Crippen LogP contribution in [0.5, 0.6) is 5.75 Å². The van der Waals surface area contributed by atoms with Crippen LogP contribution in [0.25, 0.3) is 0 Å². The number of hydrogen-bond donors (Lipinski definition) is 1. The van der Waals surface area contributed by atoms with E-state index in [0.717, 1.165) is 4.31 Å². The number of hydrogen-bond acceptors (Lipinski definition) is 6. The van der Waals surface area contributed by atoms with E-state index >= 15 is 0 Å². The molecule has 3 rings (SSSR count). The van der Waals surface area contributed by atoms with Gasteiger partial charge in [0, 0.05) is 0 Å². The zero-order chi connectivity index (χ0) is 24.9. The molecular formula is C24H23ClN2O6S. The van der Waals surface area contributed by atoms with Crippen molar-refractivity contribution in [2.24, 2.45) is 0 Å². The van der Waals surface area contributed by atoms with E-state index in [1.54, 1.807) is 43.3 Å². The first-order valence-electron chi connectivity index (χ1n) is 10.1. The van der Waals surface area contributed by atoms with E-state index in [9.17, 15) is 18.0 Å². The molecular weight excluding hydrogens is 480 g/mol. The van der Waals surface area contributed by atoms with Crippen LogP contribution < -0.4 is 14.4 Å². The van der Waals surface area contributed by atoms with Gasteiger partial charge in [-0.1, -0.05) is 29.8 Å². The Bertz CT molecular complexity index is 1310. The van der Waals surface area contributed by atoms with Gasteiger partial charge in [0.2, 0.25) is 5.91 Å². The number of para-hydroxylation sites is 1. The van der Waals surface area contributed by atoms with Crippen molar-refractivity contribution >= 4 is 44.9 Å². The van der Waals surface area contributed by atoms with Crippen molar-refractivity contribution < 1.29 is 27.5 Å². The molecule has 0 spiro atoms. The number of carbonyl (C=O) groups excluding carboxylic acids is 2. The number of halogens is 1. The minimum absolute atomic E-state index is 0.00757. The maximum absolute atomic E-state index is 13.5. The van der Waals surface area contributed by atoms with Gasteiger partial charge < -0.3 is 14.8 Å². The number of benzene rings is 3. The summed E-state index contributed by atoms with van der Waals surface area (Å²) in [5.74, 6) is -0.708. The molecule has 10 heteroatoms. The molecule has 0 atom stereocenters. The topological polar surface area (TPSA) is 102 Å². The Morgan fingerprint density at radius 2 is 1.71 bits per heavy atom. The molecule has 0 radical (unpaired) electrons. The highest BCUT2D eigenvalue weighted by Gasteiger charge is 2.28. The molecule has 0 saturated carbocycles. The Balaban J connectivity index is 1.95. The normalized spacial score (nSPS) is 10.9. The second-order valence-corrected chi connectivity index (χ2v) is 9.48. The first-order valence-corrected chi connectivity index (χ1v) is 11.9. The lowest BCUT2D eigenvalue weighted by Crippen LogP contribution is -2.38. The molecule has 34 heavy (non-hydrogen) atoms. The fourth-order valence-corrected chi connectivity index (χ4v) is 4.91. The summed E-state index contributed by atoms with van der Waals surface area (Å²) < 4.78 is 38.0. The number of amides is 1. The number of anilines is 2. The number of ether oxygens (including phenoxy) is 2. The van der Waals surface area contributed by atoms with Crippen molar-refractivity contribution in [3.8, 4) is 5.75 Å². The zero-order valence-corrected chi connectivity index (χ0v) is 20.3. The molecule has 0 aromatic heterocycles. The van der Waals surface area contributed by atoms with E-state index in [4.69, 9.17) is 16.3 Å². The minimum Gasteiger partial charge on any atom is -0.496 e. The monoisotopic (exact) mass is 502 g/mol. The average Bonchev–Trinajstić information content (AvgIpc) is 2.83. The van der Waals surface area contributed by atoms with Crippen LogP contribution in [0.2, 0.25) is 5.02 Å². The fraction of sp³-hybridized carbons (Fsp3) is 0.167. The average molecular weight is 503 g/mol. The number of rotatable bonds is 8. The van der Waals surface area contributed by atoms with Gasteiger partial charge in [0.25, 0.3) is 10.0 Å². The summed E-state index contributed by atoms with van der Waals surface area (Å²) in [7, 11) is -1.38. The summed E-state index contributed by atoms with van der Waals surface area (Å²) in [5.41, 5.74) is 1.27. The van der Waals surface area contributed by atoms with Gasteiger partial charge in [-0.2, -0.15) is 0 Å². The third-order valence-corrected chi connectivity index (χ3v) is 7.05. The van der Waals surface area contributed by atoms with E-state index < -0.39 is 28.4 Å². The molecule has 1 amide bonds. The van der Waals surface area contributed by atoms with Crippen LogP contribution in [0.4, 0.5) is 11.4 Å². The van der Waals surface area contributed by atoms with Crippen LogP contribution in [0.3, 0.4) is 0 Å². The number of nitrogens with zero attached hydrogens (tertiary/aromatic N) is 1. The standard InChI is InChI=1S/C24H23ClN2O6S/c1-16-13-19(10-12-22(16)32-2)34(30,31)27(18-7-5-4-6-8-18)15-23(28)26-21-14-17(24(29)33-3)9-11-20(21)25/h4-14H,15H2,1-3H3,(H,26,28). The molecule has 0 bridgehead atoms. The van der Waals surface area contributed by atoms with Crippen LogP contribution in [0.15, 0.2) is 71.6 Å². The highest BCUT2D eigenvalue weighted by Crippen LogP contribution is 2.28. The smallest absolute Gasteiger partial charge is 0.337 e. The molecule has 0 saturated heterocycles. The second kappa shape index (κ2) is 10.6. The molecule has 178 valence electrons. The summed E-state index contributed by atoms with van der Waals surface area (Å²) in [4.78, 5) is 24.8. The van der Waals surface area contributed by atoms with Gasteiger partial charge >= 0.3 is 5.97 Å². The number of methoxy groups -OCH3 is 2. The lowest BCUT2D eigenvalue weighted by atomic mass is 10.2.